The van der Waals surface area contributed by atoms with Crippen molar-refractivity contribution in [3.05, 3.63) is 43.7 Å². The maximum Gasteiger partial charge on any atom is 0.277 e. The van der Waals surface area contributed by atoms with Crippen molar-refractivity contribution in [3.8, 4) is 0 Å². The highest BCUT2D eigenvalue weighted by atomic mass is 79.9. The van der Waals surface area contributed by atoms with Crippen molar-refractivity contribution in [3.63, 3.8) is 0 Å². The molecule has 0 aliphatic heterocycles. The number of aromatic nitrogens is 2. The van der Waals surface area contributed by atoms with Gasteiger partial charge in [-0.05, 0) is 13.8 Å². The zero-order chi connectivity index (χ0) is 10.5. The average Bonchev–Trinajstić information content (AvgIpc) is 2.54. The summed E-state index contributed by atoms with van der Waals surface area (Å²) in [5, 5.41) is 0.568. The number of rotatable bonds is 1. The van der Waals surface area contributed by atoms with Gasteiger partial charge in [0.05, 0.1) is 5.69 Å². The highest BCUT2D eigenvalue weighted by Crippen LogP contribution is 2.08. The van der Waals surface area contributed by atoms with Gasteiger partial charge in [0.15, 0.2) is 0 Å². The van der Waals surface area contributed by atoms with E-state index in [-0.39, 0.29) is 11.1 Å². The number of halogens is 1. The van der Waals surface area contributed by atoms with E-state index in [0.717, 1.165) is 5.69 Å². The van der Waals surface area contributed by atoms with Crippen molar-refractivity contribution in [2.75, 3.05) is 0 Å². The highest BCUT2D eigenvalue weighted by molar-refractivity contribution is 9.08. The molecular formula is C9H9BrN2O2. The van der Waals surface area contributed by atoms with Crippen molar-refractivity contribution in [2.24, 2.45) is 0 Å². The van der Waals surface area contributed by atoms with E-state index >= 15 is 0 Å². The maximum absolute atomic E-state index is 11.7. The smallest absolute Gasteiger partial charge is 0.267 e. The monoisotopic (exact) mass is 256 g/mol. The summed E-state index contributed by atoms with van der Waals surface area (Å²) >= 11 is 3.30. The Labute approximate surface area is 88.2 Å². The molecule has 2 heterocycles. The van der Waals surface area contributed by atoms with E-state index in [1.54, 1.807) is 24.6 Å². The quantitative estimate of drug-likeness (QED) is 0.706. The summed E-state index contributed by atoms with van der Waals surface area (Å²) in [5.41, 5.74) is 1.59. The second kappa shape index (κ2) is 2.95. The Hall–Kier alpha value is -1.10. The maximum atomic E-state index is 11.7. The first-order valence-corrected chi connectivity index (χ1v) is 5.32. The summed E-state index contributed by atoms with van der Waals surface area (Å²) in [7, 11) is 0. The van der Waals surface area contributed by atoms with Crippen molar-refractivity contribution in [1.82, 2.24) is 9.03 Å². The van der Waals surface area contributed by atoms with E-state index < -0.39 is 0 Å². The molecule has 0 radical (unpaired) electrons. The molecule has 0 aliphatic rings. The summed E-state index contributed by atoms with van der Waals surface area (Å²) in [6.07, 6.45) is 1.69. The van der Waals surface area contributed by atoms with Crippen LogP contribution >= 0.6 is 15.9 Å². The third-order valence-corrected chi connectivity index (χ3v) is 2.94. The zero-order valence-corrected chi connectivity index (χ0v) is 9.46. The molecule has 14 heavy (non-hydrogen) atoms. The molecule has 0 aromatic carbocycles. The Kier molecular flexibility index (Phi) is 1.99. The summed E-state index contributed by atoms with van der Waals surface area (Å²) in [6, 6.07) is 0. The van der Waals surface area contributed by atoms with Gasteiger partial charge in [0.2, 0.25) is 0 Å². The molecule has 0 fully saturated rings. The third kappa shape index (κ3) is 0.987. The van der Waals surface area contributed by atoms with Crippen molar-refractivity contribution < 1.29 is 0 Å². The van der Waals surface area contributed by atoms with Crippen LogP contribution in [-0.4, -0.2) is 9.03 Å². The van der Waals surface area contributed by atoms with Gasteiger partial charge in [-0.15, -0.1) is 0 Å². The Morgan fingerprint density at radius 2 is 1.93 bits per heavy atom. The molecule has 0 saturated heterocycles. The molecule has 0 bridgehead atoms. The fourth-order valence-corrected chi connectivity index (χ4v) is 2.24. The highest BCUT2D eigenvalue weighted by Gasteiger charge is 2.15. The molecule has 4 nitrogen and oxygen atoms in total. The molecule has 0 aliphatic carbocycles. The van der Waals surface area contributed by atoms with E-state index in [0.29, 0.717) is 16.5 Å². The van der Waals surface area contributed by atoms with E-state index in [1.165, 1.54) is 4.52 Å². The van der Waals surface area contributed by atoms with Gasteiger partial charge in [-0.1, -0.05) is 15.9 Å². The Bertz CT molecular complexity index is 597. The van der Waals surface area contributed by atoms with Crippen LogP contribution in [0.4, 0.5) is 0 Å². The number of fused-ring (bicyclic) bond motifs is 1. The van der Waals surface area contributed by atoms with Crippen LogP contribution in [-0.2, 0) is 5.33 Å². The van der Waals surface area contributed by atoms with E-state index in [1.807, 2.05) is 0 Å². The summed E-state index contributed by atoms with van der Waals surface area (Å²) in [6.45, 7) is 3.43. The second-order valence-corrected chi connectivity index (χ2v) is 3.84. The van der Waals surface area contributed by atoms with Gasteiger partial charge in [0, 0.05) is 22.7 Å². The molecule has 5 heteroatoms. The van der Waals surface area contributed by atoms with Crippen molar-refractivity contribution >= 4 is 15.9 Å². The van der Waals surface area contributed by atoms with Gasteiger partial charge < -0.3 is 0 Å². The Balaban J connectivity index is 3.09. The number of nitrogens with zero attached hydrogens (tertiary/aromatic N) is 2. The minimum atomic E-state index is -0.231. The van der Waals surface area contributed by atoms with Crippen molar-refractivity contribution in [1.29, 1.82) is 0 Å². The molecule has 0 spiro atoms. The van der Waals surface area contributed by atoms with Crippen LogP contribution in [0.15, 0.2) is 15.8 Å². The van der Waals surface area contributed by atoms with E-state index in [9.17, 15) is 9.59 Å². The molecule has 0 amide bonds. The first-order valence-electron chi connectivity index (χ1n) is 4.20. The Morgan fingerprint density at radius 1 is 1.29 bits per heavy atom. The van der Waals surface area contributed by atoms with Crippen LogP contribution < -0.4 is 11.1 Å². The largest absolute Gasteiger partial charge is 0.277 e. The predicted octanol–water partition coefficient (Wildman–Crippen LogP) is 0.709. The fraction of sp³-hybridized carbons (Fsp3) is 0.333. The zero-order valence-electron chi connectivity index (χ0n) is 7.87. The molecule has 0 saturated carbocycles. The standard InChI is InChI=1S/C9H9BrN2O2/c1-5-4-11-7(3-10)6(2)9(14)12(11)8(5)13/h4H,3H2,1-2H3. The molecule has 74 valence electrons. The van der Waals surface area contributed by atoms with Gasteiger partial charge in [0.1, 0.15) is 0 Å². The van der Waals surface area contributed by atoms with E-state index in [2.05, 4.69) is 15.9 Å². The lowest BCUT2D eigenvalue weighted by atomic mass is 10.3. The van der Waals surface area contributed by atoms with Gasteiger partial charge in [-0.3, -0.25) is 14.1 Å². The summed E-state index contributed by atoms with van der Waals surface area (Å²) in [4.78, 5) is 23.2. The summed E-state index contributed by atoms with van der Waals surface area (Å²) in [5.74, 6) is 0. The van der Waals surface area contributed by atoms with Crippen LogP contribution in [0.25, 0.3) is 0 Å². The fourth-order valence-electron chi connectivity index (χ4n) is 1.57. The number of hydrogen-bond donors (Lipinski definition) is 0. The van der Waals surface area contributed by atoms with E-state index in [4.69, 9.17) is 0 Å². The average molecular weight is 257 g/mol. The lowest BCUT2D eigenvalue weighted by Crippen LogP contribution is -2.23. The molecular weight excluding hydrogens is 248 g/mol. The lowest BCUT2D eigenvalue weighted by Gasteiger charge is -1.92. The topological polar surface area (TPSA) is 43.0 Å². The summed E-state index contributed by atoms with van der Waals surface area (Å²) < 4.78 is 2.78. The van der Waals surface area contributed by atoms with Crippen LogP contribution in [0.3, 0.4) is 0 Å². The third-order valence-electron chi connectivity index (χ3n) is 2.41. The normalized spacial score (nSPS) is 11.4. The lowest BCUT2D eigenvalue weighted by molar-refractivity contribution is 0.784. The number of hydrogen-bond acceptors (Lipinski definition) is 2. The number of aryl methyl sites for hydroxylation is 1. The van der Waals surface area contributed by atoms with Gasteiger partial charge in [0.25, 0.3) is 11.1 Å². The van der Waals surface area contributed by atoms with Crippen LogP contribution in [0.2, 0.25) is 0 Å². The van der Waals surface area contributed by atoms with Crippen LogP contribution in [0, 0.1) is 13.8 Å². The molecule has 2 aromatic heterocycles. The van der Waals surface area contributed by atoms with Gasteiger partial charge in [-0.2, -0.15) is 4.52 Å². The Morgan fingerprint density at radius 3 is 2.50 bits per heavy atom. The molecule has 0 N–H and O–H groups in total. The first kappa shape index (κ1) is 9.45. The first-order chi connectivity index (χ1) is 6.57. The number of alkyl halides is 1. The minimum Gasteiger partial charge on any atom is -0.267 e. The van der Waals surface area contributed by atoms with Crippen LogP contribution in [0.5, 0.6) is 0 Å². The second-order valence-electron chi connectivity index (χ2n) is 3.28. The minimum absolute atomic E-state index is 0.224. The van der Waals surface area contributed by atoms with Gasteiger partial charge >= 0.3 is 0 Å². The van der Waals surface area contributed by atoms with Crippen molar-refractivity contribution in [2.45, 2.75) is 19.2 Å². The molecule has 2 rings (SSSR count). The SMILES string of the molecule is Cc1cn2c(CBr)c(C)c(=O)n2c1=O. The molecule has 2 aromatic rings. The van der Waals surface area contributed by atoms with Gasteiger partial charge in [-0.25, -0.2) is 0 Å². The molecule has 0 atom stereocenters. The molecule has 0 unspecified atom stereocenters. The predicted molar refractivity (Wildman–Crippen MR) is 56.7 cm³/mol. The van der Waals surface area contributed by atoms with Crippen LogP contribution in [0.1, 0.15) is 16.8 Å².